The summed E-state index contributed by atoms with van der Waals surface area (Å²) in [5, 5.41) is 7.03. The zero-order chi connectivity index (χ0) is 13.2. The maximum Gasteiger partial charge on any atom is 0.107 e. The Morgan fingerprint density at radius 3 is 2.94 bits per heavy atom. The molecule has 1 aliphatic heterocycles. The van der Waals surface area contributed by atoms with Crippen molar-refractivity contribution in [1.82, 2.24) is 15.2 Å². The molecule has 2 atom stereocenters. The van der Waals surface area contributed by atoms with Gasteiger partial charge in [-0.3, -0.25) is 4.90 Å². The van der Waals surface area contributed by atoms with Crippen LogP contribution in [0, 0.1) is 5.92 Å². The quantitative estimate of drug-likeness (QED) is 0.909. The van der Waals surface area contributed by atoms with Gasteiger partial charge in [-0.25, -0.2) is 4.98 Å². The van der Waals surface area contributed by atoms with Gasteiger partial charge in [-0.1, -0.05) is 20.8 Å². The summed E-state index contributed by atoms with van der Waals surface area (Å²) in [5.74, 6) is 0.680. The van der Waals surface area contributed by atoms with Crippen LogP contribution in [0.5, 0.6) is 0 Å². The molecular weight excluding hydrogens is 242 g/mol. The van der Waals surface area contributed by atoms with E-state index in [9.17, 15) is 0 Å². The highest BCUT2D eigenvalue weighted by Crippen LogP contribution is 2.24. The van der Waals surface area contributed by atoms with Gasteiger partial charge in [0.05, 0.1) is 6.54 Å². The van der Waals surface area contributed by atoms with E-state index < -0.39 is 0 Å². The van der Waals surface area contributed by atoms with Crippen molar-refractivity contribution in [1.29, 1.82) is 0 Å². The van der Waals surface area contributed by atoms with E-state index in [4.69, 9.17) is 0 Å². The molecule has 0 bridgehead atoms. The average molecular weight is 267 g/mol. The molecule has 2 rings (SSSR count). The van der Waals surface area contributed by atoms with Crippen LogP contribution in [-0.4, -0.2) is 34.6 Å². The summed E-state index contributed by atoms with van der Waals surface area (Å²) in [7, 11) is 0. The van der Waals surface area contributed by atoms with E-state index in [-0.39, 0.29) is 5.54 Å². The number of nitrogens with zero attached hydrogens (tertiary/aromatic N) is 2. The first-order valence-corrected chi connectivity index (χ1v) is 7.79. The normalized spacial score (nSPS) is 29.9. The number of piperazine rings is 1. The summed E-state index contributed by atoms with van der Waals surface area (Å²) < 4.78 is 0. The molecule has 1 aromatic rings. The van der Waals surface area contributed by atoms with Crippen molar-refractivity contribution in [2.75, 3.05) is 13.1 Å². The molecule has 1 saturated heterocycles. The van der Waals surface area contributed by atoms with Crippen molar-refractivity contribution in [3.8, 4) is 0 Å². The fourth-order valence-corrected chi connectivity index (χ4v) is 3.31. The van der Waals surface area contributed by atoms with E-state index in [1.165, 1.54) is 11.4 Å². The van der Waals surface area contributed by atoms with Crippen molar-refractivity contribution in [3.63, 3.8) is 0 Å². The number of aromatic nitrogens is 1. The minimum Gasteiger partial charge on any atom is -0.309 e. The molecular formula is C14H25N3S. The van der Waals surface area contributed by atoms with Gasteiger partial charge >= 0.3 is 0 Å². The molecule has 102 valence electrons. The molecule has 1 fully saturated rings. The van der Waals surface area contributed by atoms with Crippen LogP contribution in [0.15, 0.2) is 11.6 Å². The lowest BCUT2D eigenvalue weighted by atomic mass is 9.90. The highest BCUT2D eigenvalue weighted by Gasteiger charge is 2.35. The zero-order valence-electron chi connectivity index (χ0n) is 11.9. The van der Waals surface area contributed by atoms with Crippen molar-refractivity contribution in [2.24, 2.45) is 5.92 Å². The molecule has 0 aliphatic carbocycles. The fraction of sp³-hybridized carbons (Fsp3) is 0.786. The first kappa shape index (κ1) is 14.0. The van der Waals surface area contributed by atoms with Crippen LogP contribution in [0.25, 0.3) is 0 Å². The standard InChI is InChI=1S/C14H25N3S/c1-5-14(4)10-17(9-13-15-6-7-18-13)12(8-16-14)11(2)3/h6-7,11-12,16H,5,8-10H2,1-4H3. The van der Waals surface area contributed by atoms with E-state index >= 15 is 0 Å². The third kappa shape index (κ3) is 3.11. The third-order valence-corrected chi connectivity index (χ3v) is 4.90. The Hall–Kier alpha value is -0.450. The van der Waals surface area contributed by atoms with Gasteiger partial charge in [0.25, 0.3) is 0 Å². The van der Waals surface area contributed by atoms with Crippen molar-refractivity contribution >= 4 is 11.3 Å². The summed E-state index contributed by atoms with van der Waals surface area (Å²) in [6.45, 7) is 12.4. The second-order valence-electron chi connectivity index (χ2n) is 5.94. The van der Waals surface area contributed by atoms with Gasteiger partial charge in [-0.05, 0) is 19.3 Å². The summed E-state index contributed by atoms with van der Waals surface area (Å²) in [5.41, 5.74) is 0.253. The molecule has 4 heteroatoms. The summed E-state index contributed by atoms with van der Waals surface area (Å²) in [6, 6.07) is 0.619. The van der Waals surface area contributed by atoms with Gasteiger partial charge in [0.2, 0.25) is 0 Å². The van der Waals surface area contributed by atoms with Crippen LogP contribution in [0.2, 0.25) is 0 Å². The monoisotopic (exact) mass is 267 g/mol. The van der Waals surface area contributed by atoms with E-state index in [1.807, 2.05) is 6.20 Å². The van der Waals surface area contributed by atoms with Gasteiger partial charge < -0.3 is 5.32 Å². The Kier molecular flexibility index (Phi) is 4.41. The second-order valence-corrected chi connectivity index (χ2v) is 6.92. The predicted octanol–water partition coefficient (Wildman–Crippen LogP) is 2.74. The van der Waals surface area contributed by atoms with Gasteiger partial charge in [-0.15, -0.1) is 11.3 Å². The Morgan fingerprint density at radius 1 is 1.61 bits per heavy atom. The lowest BCUT2D eigenvalue weighted by Crippen LogP contribution is -2.63. The topological polar surface area (TPSA) is 28.2 Å². The number of nitrogens with one attached hydrogen (secondary N) is 1. The van der Waals surface area contributed by atoms with Crippen molar-refractivity contribution in [2.45, 2.75) is 52.2 Å². The molecule has 1 aromatic heterocycles. The molecule has 18 heavy (non-hydrogen) atoms. The first-order valence-electron chi connectivity index (χ1n) is 6.91. The minimum absolute atomic E-state index is 0.253. The molecule has 0 radical (unpaired) electrons. The smallest absolute Gasteiger partial charge is 0.107 e. The van der Waals surface area contributed by atoms with Crippen molar-refractivity contribution < 1.29 is 0 Å². The third-order valence-electron chi connectivity index (χ3n) is 4.13. The summed E-state index contributed by atoms with van der Waals surface area (Å²) in [6.07, 6.45) is 3.08. The Morgan fingerprint density at radius 2 is 2.39 bits per heavy atom. The number of rotatable bonds is 4. The first-order chi connectivity index (χ1) is 8.54. The van der Waals surface area contributed by atoms with E-state index in [1.54, 1.807) is 11.3 Å². The highest BCUT2D eigenvalue weighted by atomic mass is 32.1. The number of thiazole rings is 1. The average Bonchev–Trinajstić information content (AvgIpc) is 2.81. The summed E-state index contributed by atoms with van der Waals surface area (Å²) in [4.78, 5) is 7.05. The Balaban J connectivity index is 2.09. The lowest BCUT2D eigenvalue weighted by molar-refractivity contribution is 0.0538. The van der Waals surface area contributed by atoms with Crippen LogP contribution in [0.3, 0.4) is 0 Å². The molecule has 0 aromatic carbocycles. The molecule has 0 spiro atoms. The molecule has 1 aliphatic rings. The van der Waals surface area contributed by atoms with E-state index in [0.29, 0.717) is 12.0 Å². The van der Waals surface area contributed by atoms with E-state index in [2.05, 4.69) is 48.3 Å². The summed E-state index contributed by atoms with van der Waals surface area (Å²) >= 11 is 1.76. The van der Waals surface area contributed by atoms with Crippen LogP contribution < -0.4 is 5.32 Å². The minimum atomic E-state index is 0.253. The van der Waals surface area contributed by atoms with Gasteiger partial charge in [0.15, 0.2) is 0 Å². The molecule has 3 nitrogen and oxygen atoms in total. The predicted molar refractivity (Wildman–Crippen MR) is 77.8 cm³/mol. The zero-order valence-corrected chi connectivity index (χ0v) is 12.8. The molecule has 0 amide bonds. The number of hydrogen-bond acceptors (Lipinski definition) is 4. The van der Waals surface area contributed by atoms with Crippen LogP contribution in [-0.2, 0) is 6.54 Å². The largest absolute Gasteiger partial charge is 0.309 e. The van der Waals surface area contributed by atoms with Crippen molar-refractivity contribution in [3.05, 3.63) is 16.6 Å². The molecule has 0 saturated carbocycles. The lowest BCUT2D eigenvalue weighted by Gasteiger charge is -2.47. The second kappa shape index (κ2) is 5.68. The van der Waals surface area contributed by atoms with Gasteiger partial charge in [0.1, 0.15) is 5.01 Å². The van der Waals surface area contributed by atoms with Crippen LogP contribution in [0.1, 0.15) is 39.1 Å². The van der Waals surface area contributed by atoms with Crippen LogP contribution >= 0.6 is 11.3 Å². The Labute approximate surface area is 115 Å². The molecule has 1 N–H and O–H groups in total. The van der Waals surface area contributed by atoms with Crippen LogP contribution in [0.4, 0.5) is 0 Å². The maximum atomic E-state index is 4.43. The van der Waals surface area contributed by atoms with Gasteiger partial charge in [-0.2, -0.15) is 0 Å². The SMILES string of the molecule is CCC1(C)CN(Cc2nccs2)C(C(C)C)CN1. The molecule has 2 heterocycles. The van der Waals surface area contributed by atoms with Gasteiger partial charge in [0, 0.05) is 36.2 Å². The van der Waals surface area contributed by atoms with E-state index in [0.717, 1.165) is 19.6 Å². The highest BCUT2D eigenvalue weighted by molar-refractivity contribution is 7.09. The maximum absolute atomic E-state index is 4.43. The fourth-order valence-electron chi connectivity index (χ4n) is 2.67. The Bertz CT molecular complexity index is 363. The number of hydrogen-bond donors (Lipinski definition) is 1. The molecule has 2 unspecified atom stereocenters.